The number of H-pyrrole nitrogens is 1. The molecule has 0 bridgehead atoms. The summed E-state index contributed by atoms with van der Waals surface area (Å²) in [5.41, 5.74) is 3.88. The number of benzene rings is 3. The Morgan fingerprint density at radius 3 is 2.52 bits per heavy atom. The van der Waals surface area contributed by atoms with Crippen LogP contribution >= 0.6 is 11.8 Å². The molecule has 158 valence electrons. The maximum absolute atomic E-state index is 13.2. The third kappa shape index (κ3) is 4.78. The molecule has 0 aliphatic heterocycles. The molecule has 0 unspecified atom stereocenters. The number of hydrogen-bond donors (Lipinski definition) is 2. The van der Waals surface area contributed by atoms with E-state index >= 15 is 0 Å². The maximum Gasteiger partial charge on any atom is 0.268 e. The van der Waals surface area contributed by atoms with E-state index in [1.54, 1.807) is 18.9 Å². The normalized spacial score (nSPS) is 12.0. The van der Waals surface area contributed by atoms with Gasteiger partial charge in [0.2, 0.25) is 0 Å². The molecule has 1 amide bonds. The number of carbonyl (C=O) groups excluding carboxylic acids is 1. The van der Waals surface area contributed by atoms with Crippen LogP contribution < -0.4 is 10.1 Å². The van der Waals surface area contributed by atoms with Crippen LogP contribution in [0.15, 0.2) is 82.6 Å². The lowest BCUT2D eigenvalue weighted by Crippen LogP contribution is -2.28. The fourth-order valence-electron chi connectivity index (χ4n) is 3.50. The Morgan fingerprint density at radius 1 is 1.06 bits per heavy atom. The molecule has 5 heteroatoms. The zero-order valence-corrected chi connectivity index (χ0v) is 18.8. The van der Waals surface area contributed by atoms with Gasteiger partial charge in [0, 0.05) is 22.9 Å². The van der Waals surface area contributed by atoms with Crippen molar-refractivity contribution in [3.63, 3.8) is 0 Å². The summed E-state index contributed by atoms with van der Waals surface area (Å²) >= 11 is 1.60. The first-order valence-electron chi connectivity index (χ1n) is 10.3. The van der Waals surface area contributed by atoms with Crippen LogP contribution in [0.5, 0.6) is 5.75 Å². The number of nitrogens with one attached hydrogen (secondary N) is 2. The summed E-state index contributed by atoms with van der Waals surface area (Å²) < 4.78 is 5.36. The van der Waals surface area contributed by atoms with Crippen molar-refractivity contribution in [3.05, 3.63) is 89.6 Å². The molecule has 0 spiro atoms. The van der Waals surface area contributed by atoms with E-state index in [1.165, 1.54) is 11.1 Å². The number of aromatic amines is 1. The van der Waals surface area contributed by atoms with Gasteiger partial charge < -0.3 is 15.0 Å². The van der Waals surface area contributed by atoms with Crippen LogP contribution in [0.25, 0.3) is 10.9 Å². The van der Waals surface area contributed by atoms with E-state index < -0.39 is 0 Å². The van der Waals surface area contributed by atoms with Gasteiger partial charge in [0.25, 0.3) is 5.91 Å². The minimum atomic E-state index is -0.104. The number of fused-ring (bicyclic) bond motifs is 1. The molecule has 1 atom stereocenters. The molecule has 4 aromatic rings. The van der Waals surface area contributed by atoms with Crippen molar-refractivity contribution < 1.29 is 9.53 Å². The summed E-state index contributed by atoms with van der Waals surface area (Å²) in [6.45, 7) is 4.75. The number of rotatable bonds is 7. The average Bonchev–Trinajstić information content (AvgIpc) is 3.16. The third-order valence-electron chi connectivity index (χ3n) is 5.36. The highest BCUT2D eigenvalue weighted by Crippen LogP contribution is 2.38. The first-order chi connectivity index (χ1) is 15.0. The SMILES string of the molecule is COc1ccc2c(Sc3ccc(C)cc3)c(C(=O)NC[C@@H](C)c3ccccc3)[nH]c2c1. The molecule has 4 rings (SSSR count). The van der Waals surface area contributed by atoms with Crippen LogP contribution in [0.1, 0.15) is 34.5 Å². The van der Waals surface area contributed by atoms with Crippen LogP contribution in [-0.2, 0) is 0 Å². The second-order valence-electron chi connectivity index (χ2n) is 7.68. The molecule has 2 N–H and O–H groups in total. The van der Waals surface area contributed by atoms with Crippen LogP contribution in [0, 0.1) is 6.92 Å². The highest BCUT2D eigenvalue weighted by atomic mass is 32.2. The van der Waals surface area contributed by atoms with Gasteiger partial charge in [-0.05, 0) is 42.7 Å². The van der Waals surface area contributed by atoms with Gasteiger partial charge in [0.1, 0.15) is 11.4 Å². The predicted octanol–water partition coefficient (Wildman–Crippen LogP) is 6.17. The Hall–Kier alpha value is -3.18. The Labute approximate surface area is 187 Å². The lowest BCUT2D eigenvalue weighted by molar-refractivity contribution is 0.0944. The molecular formula is C26H26N2O2S. The number of methoxy groups -OCH3 is 1. The van der Waals surface area contributed by atoms with Crippen LogP contribution in [0.3, 0.4) is 0 Å². The van der Waals surface area contributed by atoms with Crippen LogP contribution in [0.4, 0.5) is 0 Å². The summed E-state index contributed by atoms with van der Waals surface area (Å²) in [5, 5.41) is 4.11. The molecule has 0 radical (unpaired) electrons. The van der Waals surface area contributed by atoms with Crippen molar-refractivity contribution in [3.8, 4) is 5.75 Å². The summed E-state index contributed by atoms with van der Waals surface area (Å²) in [5.74, 6) is 0.876. The van der Waals surface area contributed by atoms with Crippen molar-refractivity contribution in [2.45, 2.75) is 29.6 Å². The molecule has 4 nitrogen and oxygen atoms in total. The van der Waals surface area contributed by atoms with Gasteiger partial charge in [0.15, 0.2) is 0 Å². The van der Waals surface area contributed by atoms with Gasteiger partial charge in [-0.1, -0.05) is 66.7 Å². The summed E-state index contributed by atoms with van der Waals surface area (Å²) in [6.07, 6.45) is 0. The smallest absolute Gasteiger partial charge is 0.268 e. The zero-order chi connectivity index (χ0) is 21.8. The molecule has 31 heavy (non-hydrogen) atoms. The molecule has 0 saturated heterocycles. The molecule has 0 aliphatic carbocycles. The van der Waals surface area contributed by atoms with Crippen molar-refractivity contribution >= 4 is 28.6 Å². The highest BCUT2D eigenvalue weighted by Gasteiger charge is 2.20. The standard InChI is InChI=1S/C26H26N2O2S/c1-17-9-12-21(13-10-17)31-25-22-14-11-20(30-3)15-23(22)28-24(25)26(29)27-16-18(2)19-7-5-4-6-8-19/h4-15,18,28H,16H2,1-3H3,(H,27,29)/t18-/m1/s1. The fraction of sp³-hybridized carbons (Fsp3) is 0.192. The number of aromatic nitrogens is 1. The number of carbonyl (C=O) groups is 1. The Kier molecular flexibility index (Phi) is 6.33. The van der Waals surface area contributed by atoms with E-state index in [0.29, 0.717) is 12.2 Å². The zero-order valence-electron chi connectivity index (χ0n) is 17.9. The van der Waals surface area contributed by atoms with Crippen LogP contribution in [0.2, 0.25) is 0 Å². The van der Waals surface area contributed by atoms with E-state index in [0.717, 1.165) is 26.4 Å². The molecule has 0 aliphatic rings. The van der Waals surface area contributed by atoms with Gasteiger partial charge in [0.05, 0.1) is 17.5 Å². The quantitative estimate of drug-likeness (QED) is 0.369. The Morgan fingerprint density at radius 2 is 1.81 bits per heavy atom. The maximum atomic E-state index is 13.2. The van der Waals surface area contributed by atoms with Gasteiger partial charge in [-0.25, -0.2) is 0 Å². The van der Waals surface area contributed by atoms with E-state index in [4.69, 9.17) is 4.74 Å². The molecule has 0 saturated carbocycles. The lowest BCUT2D eigenvalue weighted by Gasteiger charge is -2.13. The van der Waals surface area contributed by atoms with E-state index in [9.17, 15) is 4.79 Å². The van der Waals surface area contributed by atoms with Gasteiger partial charge in [-0.3, -0.25) is 4.79 Å². The minimum absolute atomic E-state index is 0.104. The largest absolute Gasteiger partial charge is 0.497 e. The van der Waals surface area contributed by atoms with Crippen molar-refractivity contribution in [1.82, 2.24) is 10.3 Å². The molecule has 3 aromatic carbocycles. The van der Waals surface area contributed by atoms with Crippen LogP contribution in [-0.4, -0.2) is 24.5 Å². The Bertz CT molecular complexity index is 1180. The van der Waals surface area contributed by atoms with E-state index in [2.05, 4.69) is 60.5 Å². The monoisotopic (exact) mass is 430 g/mol. The summed E-state index contributed by atoms with van der Waals surface area (Å²) in [6, 6.07) is 24.4. The number of amides is 1. The number of ether oxygens (including phenoxy) is 1. The van der Waals surface area contributed by atoms with E-state index in [-0.39, 0.29) is 11.8 Å². The average molecular weight is 431 g/mol. The number of aryl methyl sites for hydroxylation is 1. The van der Waals surface area contributed by atoms with Gasteiger partial charge >= 0.3 is 0 Å². The molecule has 0 fully saturated rings. The van der Waals surface area contributed by atoms with Crippen molar-refractivity contribution in [2.24, 2.45) is 0 Å². The molecular weight excluding hydrogens is 404 g/mol. The van der Waals surface area contributed by atoms with Crippen molar-refractivity contribution in [2.75, 3.05) is 13.7 Å². The summed E-state index contributed by atoms with van der Waals surface area (Å²) in [7, 11) is 1.64. The first kappa shape index (κ1) is 21.1. The van der Waals surface area contributed by atoms with E-state index in [1.807, 2.05) is 36.4 Å². The van der Waals surface area contributed by atoms with Crippen molar-refractivity contribution in [1.29, 1.82) is 0 Å². The Balaban J connectivity index is 1.63. The number of hydrogen-bond acceptors (Lipinski definition) is 3. The first-order valence-corrected chi connectivity index (χ1v) is 11.1. The molecule has 1 aromatic heterocycles. The second kappa shape index (κ2) is 9.31. The lowest BCUT2D eigenvalue weighted by atomic mass is 10.0. The summed E-state index contributed by atoms with van der Waals surface area (Å²) in [4.78, 5) is 18.5. The predicted molar refractivity (Wildman–Crippen MR) is 127 cm³/mol. The fourth-order valence-corrected chi connectivity index (χ4v) is 4.54. The highest BCUT2D eigenvalue weighted by molar-refractivity contribution is 7.99. The third-order valence-corrected chi connectivity index (χ3v) is 6.50. The topological polar surface area (TPSA) is 54.1 Å². The molecule has 1 heterocycles. The van der Waals surface area contributed by atoms with Gasteiger partial charge in [-0.15, -0.1) is 0 Å². The van der Waals surface area contributed by atoms with Gasteiger partial charge in [-0.2, -0.15) is 0 Å². The minimum Gasteiger partial charge on any atom is -0.497 e. The second-order valence-corrected chi connectivity index (χ2v) is 8.76.